The third-order valence-corrected chi connectivity index (χ3v) is 3.97. The van der Waals surface area contributed by atoms with Crippen LogP contribution in [0, 0.1) is 0 Å². The molecule has 0 spiro atoms. The molecule has 0 amide bonds. The lowest BCUT2D eigenvalue weighted by atomic mass is 9.93. The first kappa shape index (κ1) is 16.5. The zero-order chi connectivity index (χ0) is 13.9. The third kappa shape index (κ3) is 6.98. The van der Waals surface area contributed by atoms with Crippen LogP contribution in [0.5, 0.6) is 0 Å². The van der Waals surface area contributed by atoms with E-state index in [2.05, 4.69) is 6.92 Å². The number of unbranched alkanes of at least 4 members (excludes halogenated alkanes) is 6. The standard InChI is InChI=1S/C17H27ClO/c1-2-3-4-5-6-7-8-9-16(14-19)15-10-12-17(18)13-11-15/h10-13,16,19H,2-9,14H2,1H3. The molecule has 0 heterocycles. The zero-order valence-electron chi connectivity index (χ0n) is 12.1. The van der Waals surface area contributed by atoms with Gasteiger partial charge in [0.2, 0.25) is 0 Å². The highest BCUT2D eigenvalue weighted by Crippen LogP contribution is 2.24. The minimum Gasteiger partial charge on any atom is -0.396 e. The fourth-order valence-corrected chi connectivity index (χ4v) is 2.57. The maximum atomic E-state index is 9.49. The summed E-state index contributed by atoms with van der Waals surface area (Å²) in [7, 11) is 0. The molecule has 1 aromatic rings. The van der Waals surface area contributed by atoms with Gasteiger partial charge in [-0.15, -0.1) is 0 Å². The van der Waals surface area contributed by atoms with E-state index in [0.29, 0.717) is 0 Å². The van der Waals surface area contributed by atoms with E-state index in [9.17, 15) is 5.11 Å². The van der Waals surface area contributed by atoms with Crippen molar-refractivity contribution in [2.45, 2.75) is 64.2 Å². The molecule has 19 heavy (non-hydrogen) atoms. The molecule has 0 aliphatic rings. The fraction of sp³-hybridized carbons (Fsp3) is 0.647. The number of aliphatic hydroxyl groups excluding tert-OH is 1. The van der Waals surface area contributed by atoms with Gasteiger partial charge in [-0.25, -0.2) is 0 Å². The Bertz CT molecular complexity index is 321. The summed E-state index contributed by atoms with van der Waals surface area (Å²) in [6.45, 7) is 2.48. The molecule has 0 saturated heterocycles. The molecule has 1 N–H and O–H groups in total. The maximum Gasteiger partial charge on any atom is 0.0499 e. The third-order valence-electron chi connectivity index (χ3n) is 3.72. The lowest BCUT2D eigenvalue weighted by Crippen LogP contribution is -2.04. The van der Waals surface area contributed by atoms with Crippen LogP contribution in [0.1, 0.15) is 69.8 Å². The summed E-state index contributed by atoms with van der Waals surface area (Å²) in [6.07, 6.45) is 10.3. The van der Waals surface area contributed by atoms with Crippen LogP contribution in [0.3, 0.4) is 0 Å². The van der Waals surface area contributed by atoms with Gasteiger partial charge in [-0.2, -0.15) is 0 Å². The summed E-state index contributed by atoms with van der Waals surface area (Å²) >= 11 is 5.88. The summed E-state index contributed by atoms with van der Waals surface area (Å²) in [5, 5.41) is 10.2. The fourth-order valence-electron chi connectivity index (χ4n) is 2.45. The molecule has 1 atom stereocenters. The number of rotatable bonds is 10. The smallest absolute Gasteiger partial charge is 0.0499 e. The van der Waals surface area contributed by atoms with E-state index in [1.807, 2.05) is 24.3 Å². The first-order chi connectivity index (χ1) is 9.27. The van der Waals surface area contributed by atoms with Crippen molar-refractivity contribution < 1.29 is 5.11 Å². The minimum atomic E-state index is 0.234. The predicted octanol–water partition coefficient (Wildman–Crippen LogP) is 5.56. The highest BCUT2D eigenvalue weighted by atomic mass is 35.5. The molecule has 1 aromatic carbocycles. The molecule has 1 unspecified atom stereocenters. The Kier molecular flexibility index (Phi) is 8.94. The Morgan fingerprint density at radius 2 is 1.53 bits per heavy atom. The Labute approximate surface area is 123 Å². The van der Waals surface area contributed by atoms with Gasteiger partial charge in [0.25, 0.3) is 0 Å². The Hall–Kier alpha value is -0.530. The second kappa shape index (κ2) is 10.3. The van der Waals surface area contributed by atoms with Gasteiger partial charge in [0.15, 0.2) is 0 Å². The summed E-state index contributed by atoms with van der Waals surface area (Å²) in [4.78, 5) is 0. The first-order valence-corrected chi connectivity index (χ1v) is 8.02. The molecule has 1 rings (SSSR count). The molecule has 0 aromatic heterocycles. The van der Waals surface area contributed by atoms with Crippen molar-refractivity contribution in [3.8, 4) is 0 Å². The monoisotopic (exact) mass is 282 g/mol. The van der Waals surface area contributed by atoms with Gasteiger partial charge in [-0.3, -0.25) is 0 Å². The molecule has 0 fully saturated rings. The lowest BCUT2D eigenvalue weighted by Gasteiger charge is -2.14. The number of aliphatic hydroxyl groups is 1. The van der Waals surface area contributed by atoms with Gasteiger partial charge in [0.05, 0.1) is 0 Å². The Balaban J connectivity index is 2.20. The average molecular weight is 283 g/mol. The largest absolute Gasteiger partial charge is 0.396 e. The SMILES string of the molecule is CCCCCCCCCC(CO)c1ccc(Cl)cc1. The first-order valence-electron chi connectivity index (χ1n) is 7.64. The molecular weight excluding hydrogens is 256 g/mol. The van der Waals surface area contributed by atoms with Crippen LogP contribution in [0.15, 0.2) is 24.3 Å². The van der Waals surface area contributed by atoms with Gasteiger partial charge >= 0.3 is 0 Å². The molecule has 0 aliphatic carbocycles. The van der Waals surface area contributed by atoms with Crippen molar-refractivity contribution in [2.24, 2.45) is 0 Å². The molecule has 108 valence electrons. The number of benzene rings is 1. The molecule has 0 bridgehead atoms. The van der Waals surface area contributed by atoms with E-state index >= 15 is 0 Å². The van der Waals surface area contributed by atoms with Crippen molar-refractivity contribution >= 4 is 11.6 Å². The van der Waals surface area contributed by atoms with Crippen molar-refractivity contribution in [3.63, 3.8) is 0 Å². The quantitative estimate of drug-likeness (QED) is 0.557. The highest BCUT2D eigenvalue weighted by Gasteiger charge is 2.09. The van der Waals surface area contributed by atoms with Crippen molar-refractivity contribution in [1.82, 2.24) is 0 Å². The van der Waals surface area contributed by atoms with Crippen LogP contribution in [-0.2, 0) is 0 Å². The van der Waals surface area contributed by atoms with E-state index in [1.54, 1.807) is 0 Å². The second-order valence-corrected chi connectivity index (χ2v) is 5.78. The summed E-state index contributed by atoms with van der Waals surface area (Å²) < 4.78 is 0. The van der Waals surface area contributed by atoms with Crippen LogP contribution in [0.2, 0.25) is 5.02 Å². The summed E-state index contributed by atoms with van der Waals surface area (Å²) in [6, 6.07) is 7.88. The minimum absolute atomic E-state index is 0.234. The number of halogens is 1. The lowest BCUT2D eigenvalue weighted by molar-refractivity contribution is 0.256. The van der Waals surface area contributed by atoms with E-state index in [0.717, 1.165) is 11.4 Å². The number of hydrogen-bond acceptors (Lipinski definition) is 1. The topological polar surface area (TPSA) is 20.2 Å². The van der Waals surface area contributed by atoms with Gasteiger partial charge in [0, 0.05) is 17.5 Å². The van der Waals surface area contributed by atoms with E-state index < -0.39 is 0 Å². The summed E-state index contributed by atoms with van der Waals surface area (Å²) in [5.41, 5.74) is 1.21. The van der Waals surface area contributed by atoms with E-state index in [4.69, 9.17) is 11.6 Å². The zero-order valence-corrected chi connectivity index (χ0v) is 12.8. The molecular formula is C17H27ClO. The van der Waals surface area contributed by atoms with Gasteiger partial charge in [-0.05, 0) is 24.1 Å². The van der Waals surface area contributed by atoms with Crippen molar-refractivity contribution in [1.29, 1.82) is 0 Å². The predicted molar refractivity (Wildman–Crippen MR) is 83.9 cm³/mol. The highest BCUT2D eigenvalue weighted by molar-refractivity contribution is 6.30. The molecule has 0 aliphatic heterocycles. The molecule has 2 heteroatoms. The van der Waals surface area contributed by atoms with Crippen LogP contribution < -0.4 is 0 Å². The average Bonchev–Trinajstić information content (AvgIpc) is 2.43. The van der Waals surface area contributed by atoms with Gasteiger partial charge < -0.3 is 5.11 Å². The van der Waals surface area contributed by atoms with Crippen LogP contribution in [0.25, 0.3) is 0 Å². The molecule has 1 nitrogen and oxygen atoms in total. The van der Waals surface area contributed by atoms with Crippen molar-refractivity contribution in [2.75, 3.05) is 6.61 Å². The van der Waals surface area contributed by atoms with Crippen LogP contribution in [-0.4, -0.2) is 11.7 Å². The summed E-state index contributed by atoms with van der Waals surface area (Å²) in [5.74, 6) is 0.271. The van der Waals surface area contributed by atoms with Crippen LogP contribution in [0.4, 0.5) is 0 Å². The molecule has 0 radical (unpaired) electrons. The van der Waals surface area contributed by atoms with Gasteiger partial charge in [-0.1, -0.05) is 75.6 Å². The second-order valence-electron chi connectivity index (χ2n) is 5.34. The maximum absolute atomic E-state index is 9.49. The van der Waals surface area contributed by atoms with E-state index in [-0.39, 0.29) is 12.5 Å². The van der Waals surface area contributed by atoms with E-state index in [1.165, 1.54) is 50.5 Å². The molecule has 0 saturated carbocycles. The van der Waals surface area contributed by atoms with Crippen molar-refractivity contribution in [3.05, 3.63) is 34.9 Å². The normalized spacial score (nSPS) is 12.6. The number of hydrogen-bond donors (Lipinski definition) is 1. The van der Waals surface area contributed by atoms with Gasteiger partial charge in [0.1, 0.15) is 0 Å². The Morgan fingerprint density at radius 1 is 0.947 bits per heavy atom. The van der Waals surface area contributed by atoms with Crippen LogP contribution >= 0.6 is 11.6 Å². The Morgan fingerprint density at radius 3 is 2.11 bits per heavy atom.